The maximum atomic E-state index is 12.3. The topological polar surface area (TPSA) is 78.5 Å². The van der Waals surface area contributed by atoms with Crippen LogP contribution in [-0.4, -0.2) is 39.4 Å². The van der Waals surface area contributed by atoms with Crippen LogP contribution in [0.15, 0.2) is 53.4 Å². The summed E-state index contributed by atoms with van der Waals surface area (Å²) >= 11 is 5.93. The molecule has 26 heavy (non-hydrogen) atoms. The predicted octanol–water partition coefficient (Wildman–Crippen LogP) is 2.63. The lowest BCUT2D eigenvalue weighted by Crippen LogP contribution is -2.36. The van der Waals surface area contributed by atoms with Gasteiger partial charge in [-0.15, -0.1) is 0 Å². The molecule has 0 heterocycles. The first kappa shape index (κ1) is 20.2. The summed E-state index contributed by atoms with van der Waals surface area (Å²) in [6.07, 6.45) is 0.652. The highest BCUT2D eigenvalue weighted by Gasteiger charge is 2.20. The Hall–Kier alpha value is -2.09. The number of amides is 2. The molecule has 0 unspecified atom stereocenters. The number of benzene rings is 2. The molecule has 2 aromatic carbocycles. The minimum Gasteiger partial charge on any atom is -0.338 e. The molecule has 2 aromatic rings. The van der Waals surface area contributed by atoms with Crippen molar-refractivity contribution in [2.24, 2.45) is 0 Å². The molecule has 0 spiro atoms. The molecule has 0 aromatic heterocycles. The zero-order chi connectivity index (χ0) is 19.2. The second kappa shape index (κ2) is 9.02. The second-order valence-corrected chi connectivity index (χ2v) is 8.44. The van der Waals surface area contributed by atoms with Crippen molar-refractivity contribution in [3.8, 4) is 0 Å². The Balaban J connectivity index is 1.90. The lowest BCUT2D eigenvalue weighted by atomic mass is 10.1. The smallest absolute Gasteiger partial charge is 0.315 e. The summed E-state index contributed by atoms with van der Waals surface area (Å²) in [4.78, 5) is 12.1. The third-order valence-corrected chi connectivity index (χ3v) is 5.91. The molecule has 2 N–H and O–H groups in total. The highest BCUT2D eigenvalue weighted by atomic mass is 35.5. The maximum absolute atomic E-state index is 12.3. The van der Waals surface area contributed by atoms with Crippen LogP contribution in [-0.2, 0) is 23.0 Å². The monoisotopic (exact) mass is 395 g/mol. The molecule has 0 aliphatic rings. The van der Waals surface area contributed by atoms with E-state index >= 15 is 0 Å². The molecule has 6 nitrogen and oxygen atoms in total. The van der Waals surface area contributed by atoms with Crippen molar-refractivity contribution >= 4 is 27.7 Å². The number of rotatable bonds is 7. The van der Waals surface area contributed by atoms with Gasteiger partial charge in [0.25, 0.3) is 0 Å². The van der Waals surface area contributed by atoms with E-state index in [0.29, 0.717) is 23.6 Å². The highest BCUT2D eigenvalue weighted by Crippen LogP contribution is 2.18. The quantitative estimate of drug-likeness (QED) is 0.756. The van der Waals surface area contributed by atoms with Crippen LogP contribution in [0.3, 0.4) is 0 Å². The number of nitrogens with one attached hydrogen (secondary N) is 2. The summed E-state index contributed by atoms with van der Waals surface area (Å²) in [5.41, 5.74) is 1.56. The van der Waals surface area contributed by atoms with E-state index in [0.717, 1.165) is 9.87 Å². The van der Waals surface area contributed by atoms with Gasteiger partial charge >= 0.3 is 6.03 Å². The molecule has 0 radical (unpaired) electrons. The molecule has 2 amide bonds. The molecule has 140 valence electrons. The van der Waals surface area contributed by atoms with Crippen molar-refractivity contribution in [1.29, 1.82) is 0 Å². The molecule has 0 aliphatic carbocycles. The van der Waals surface area contributed by atoms with Crippen LogP contribution < -0.4 is 10.6 Å². The van der Waals surface area contributed by atoms with Crippen LogP contribution in [0, 0.1) is 0 Å². The Morgan fingerprint density at radius 2 is 1.81 bits per heavy atom. The van der Waals surface area contributed by atoms with Gasteiger partial charge in [0.15, 0.2) is 0 Å². The Bertz CT molecular complexity index is 869. The number of hydrogen-bond acceptors (Lipinski definition) is 3. The van der Waals surface area contributed by atoms with E-state index in [1.165, 1.54) is 20.2 Å². The normalized spacial score (nSPS) is 11.4. The summed E-state index contributed by atoms with van der Waals surface area (Å²) in [6.45, 7) is 0.566. The molecule has 0 saturated carbocycles. The van der Waals surface area contributed by atoms with E-state index in [4.69, 9.17) is 11.6 Å². The van der Waals surface area contributed by atoms with Gasteiger partial charge in [0.2, 0.25) is 10.0 Å². The Morgan fingerprint density at radius 1 is 1.08 bits per heavy atom. The fraction of sp³-hybridized carbons (Fsp3) is 0.278. The number of hydrogen-bond donors (Lipinski definition) is 2. The minimum absolute atomic E-state index is 0.117. The summed E-state index contributed by atoms with van der Waals surface area (Å²) in [6, 6.07) is 13.7. The zero-order valence-corrected chi connectivity index (χ0v) is 16.3. The van der Waals surface area contributed by atoms with Crippen molar-refractivity contribution in [2.75, 3.05) is 20.6 Å². The van der Waals surface area contributed by atoms with Crippen molar-refractivity contribution in [3.05, 3.63) is 64.7 Å². The Morgan fingerprint density at radius 3 is 2.50 bits per heavy atom. The molecule has 2 rings (SSSR count). The van der Waals surface area contributed by atoms with Crippen molar-refractivity contribution in [2.45, 2.75) is 17.9 Å². The van der Waals surface area contributed by atoms with E-state index in [9.17, 15) is 13.2 Å². The third kappa shape index (κ3) is 5.45. The molecule has 0 saturated heterocycles. The van der Waals surface area contributed by atoms with Gasteiger partial charge in [-0.3, -0.25) is 0 Å². The average Bonchev–Trinajstić information content (AvgIpc) is 2.60. The van der Waals surface area contributed by atoms with Crippen molar-refractivity contribution in [1.82, 2.24) is 14.9 Å². The van der Waals surface area contributed by atoms with Crippen LogP contribution >= 0.6 is 11.6 Å². The molecule has 0 bridgehead atoms. The van der Waals surface area contributed by atoms with E-state index in [2.05, 4.69) is 10.6 Å². The highest BCUT2D eigenvalue weighted by molar-refractivity contribution is 7.89. The first-order valence-electron chi connectivity index (χ1n) is 8.07. The van der Waals surface area contributed by atoms with Crippen LogP contribution in [0.5, 0.6) is 0 Å². The van der Waals surface area contributed by atoms with E-state index in [1.54, 1.807) is 24.3 Å². The number of sulfonamides is 1. The van der Waals surface area contributed by atoms with Gasteiger partial charge in [-0.05, 0) is 35.7 Å². The fourth-order valence-corrected chi connectivity index (χ4v) is 3.68. The largest absolute Gasteiger partial charge is 0.338 e. The van der Waals surface area contributed by atoms with Gasteiger partial charge in [-0.25, -0.2) is 17.5 Å². The first-order chi connectivity index (χ1) is 12.3. The molecule has 0 fully saturated rings. The summed E-state index contributed by atoms with van der Waals surface area (Å²) in [5, 5.41) is 6.10. The second-order valence-electron chi connectivity index (χ2n) is 5.88. The van der Waals surface area contributed by atoms with Gasteiger partial charge in [0.1, 0.15) is 0 Å². The zero-order valence-electron chi connectivity index (χ0n) is 14.7. The Kier molecular flexibility index (Phi) is 7.02. The molecular weight excluding hydrogens is 374 g/mol. The number of urea groups is 1. The lowest BCUT2D eigenvalue weighted by molar-refractivity contribution is 0.240. The number of carbonyl (C=O) groups excluding carboxylic acids is 1. The summed E-state index contributed by atoms with van der Waals surface area (Å²) in [5.74, 6) is 0. The van der Waals surface area contributed by atoms with Crippen LogP contribution in [0.4, 0.5) is 4.79 Å². The van der Waals surface area contributed by atoms with Crippen molar-refractivity contribution in [3.63, 3.8) is 0 Å². The Labute approximate surface area is 159 Å². The van der Waals surface area contributed by atoms with E-state index in [1.807, 2.05) is 18.2 Å². The average molecular weight is 396 g/mol. The number of carbonyl (C=O) groups is 1. The minimum atomic E-state index is -3.56. The summed E-state index contributed by atoms with van der Waals surface area (Å²) < 4.78 is 25.8. The fourth-order valence-electron chi connectivity index (χ4n) is 2.35. The van der Waals surface area contributed by atoms with Crippen LogP contribution in [0.25, 0.3) is 0 Å². The number of nitrogens with zero attached hydrogens (tertiary/aromatic N) is 1. The van der Waals surface area contributed by atoms with Gasteiger partial charge < -0.3 is 10.6 Å². The van der Waals surface area contributed by atoms with Crippen LogP contribution in [0.1, 0.15) is 11.1 Å². The van der Waals surface area contributed by atoms with Gasteiger partial charge in [0, 0.05) is 32.2 Å². The lowest BCUT2D eigenvalue weighted by Gasteiger charge is -2.15. The predicted molar refractivity (Wildman–Crippen MR) is 103 cm³/mol. The van der Waals surface area contributed by atoms with Crippen molar-refractivity contribution < 1.29 is 13.2 Å². The molecule has 0 aliphatic heterocycles. The number of halogens is 1. The molecule has 0 atom stereocenters. The SMILES string of the molecule is CN(C)S(=O)(=O)c1ccccc1CNC(=O)NCCc1cccc(Cl)c1. The van der Waals surface area contributed by atoms with E-state index < -0.39 is 10.0 Å². The third-order valence-electron chi connectivity index (χ3n) is 3.76. The standard InChI is InChI=1S/C18H22ClN3O3S/c1-22(2)26(24,25)17-9-4-3-7-15(17)13-21-18(23)20-11-10-14-6-5-8-16(19)12-14/h3-9,12H,10-11,13H2,1-2H3,(H2,20,21,23). The maximum Gasteiger partial charge on any atom is 0.315 e. The molecule has 8 heteroatoms. The van der Waals surface area contributed by atoms with E-state index in [-0.39, 0.29) is 17.5 Å². The molecular formula is C18H22ClN3O3S. The summed E-state index contributed by atoms with van der Waals surface area (Å²) in [7, 11) is -0.615. The first-order valence-corrected chi connectivity index (χ1v) is 9.89. The van der Waals surface area contributed by atoms with Crippen LogP contribution in [0.2, 0.25) is 5.02 Å². The van der Waals surface area contributed by atoms with Gasteiger partial charge in [0.05, 0.1) is 4.90 Å². The van der Waals surface area contributed by atoms with Gasteiger partial charge in [-0.1, -0.05) is 41.9 Å². The van der Waals surface area contributed by atoms with Gasteiger partial charge in [-0.2, -0.15) is 0 Å².